The van der Waals surface area contributed by atoms with Gasteiger partial charge in [-0.15, -0.1) is 0 Å². The highest BCUT2D eigenvalue weighted by Gasteiger charge is 2.19. The number of H-pyrrole nitrogens is 1. The number of rotatable bonds is 10. The number of hydrogen-bond donors (Lipinski definition) is 5. The molecule has 2 rings (SSSR count). The van der Waals surface area contributed by atoms with Gasteiger partial charge in [0.15, 0.2) is 0 Å². The van der Waals surface area contributed by atoms with Crippen LogP contribution in [0.25, 0.3) is 11.3 Å². The van der Waals surface area contributed by atoms with Crippen LogP contribution in [0.2, 0.25) is 0 Å². The van der Waals surface area contributed by atoms with E-state index in [0.717, 1.165) is 0 Å². The summed E-state index contributed by atoms with van der Waals surface area (Å²) < 4.78 is 0. The van der Waals surface area contributed by atoms with Gasteiger partial charge in [0, 0.05) is 31.8 Å². The number of hydrogen-bond acceptors (Lipinski definition) is 5. The molecule has 0 aliphatic heterocycles. The summed E-state index contributed by atoms with van der Waals surface area (Å²) in [5.41, 5.74) is 0.515. The zero-order valence-electron chi connectivity index (χ0n) is 17.9. The molecule has 0 aliphatic carbocycles. The van der Waals surface area contributed by atoms with Crippen LogP contribution in [0.1, 0.15) is 43.5 Å². The molecule has 0 saturated carbocycles. The maximum atomic E-state index is 12.6. The summed E-state index contributed by atoms with van der Waals surface area (Å²) in [5.74, 6) is -2.12. The Morgan fingerprint density at radius 2 is 1.66 bits per heavy atom. The Bertz CT molecular complexity index is 1050. The summed E-state index contributed by atoms with van der Waals surface area (Å²) in [4.78, 5) is 60.3. The van der Waals surface area contributed by atoms with Gasteiger partial charge in [0.1, 0.15) is 11.6 Å². The van der Waals surface area contributed by atoms with Crippen molar-refractivity contribution >= 4 is 29.4 Å². The standard InChI is InChI=1S/C22H26N4O6/c1-13(27)23-12-4-3-5-19(24-14(2)28)21(30)25-16-8-6-15(7-9-16)18-11-10-17(22(31)32)20(29)26-18/h6-11,19H,3-5,12H2,1-2H3,(H,23,27)(H,24,28)(H,25,30)(H,26,29)(H,31,32)/t19-/m0/s1. The molecule has 3 amide bonds. The van der Waals surface area contributed by atoms with Crippen LogP contribution in [0.3, 0.4) is 0 Å². The minimum absolute atomic E-state index is 0.119. The predicted octanol–water partition coefficient (Wildman–Crippen LogP) is 1.49. The molecule has 0 saturated heterocycles. The molecule has 0 unspecified atom stereocenters. The van der Waals surface area contributed by atoms with E-state index >= 15 is 0 Å². The smallest absolute Gasteiger partial charge is 0.341 e. The van der Waals surface area contributed by atoms with Crippen LogP contribution in [0, 0.1) is 0 Å². The van der Waals surface area contributed by atoms with E-state index in [4.69, 9.17) is 5.11 Å². The number of anilines is 1. The van der Waals surface area contributed by atoms with Crippen molar-refractivity contribution in [3.05, 3.63) is 52.3 Å². The number of carboxylic acid groups (broad SMARTS) is 1. The maximum Gasteiger partial charge on any atom is 0.341 e. The molecule has 2 aromatic rings. The lowest BCUT2D eigenvalue weighted by atomic mass is 10.1. The summed E-state index contributed by atoms with van der Waals surface area (Å²) >= 11 is 0. The minimum atomic E-state index is -1.31. The van der Waals surface area contributed by atoms with Gasteiger partial charge >= 0.3 is 5.97 Å². The van der Waals surface area contributed by atoms with Crippen molar-refractivity contribution in [2.24, 2.45) is 0 Å². The molecule has 5 N–H and O–H groups in total. The van der Waals surface area contributed by atoms with Gasteiger partial charge in [0.2, 0.25) is 17.7 Å². The second kappa shape index (κ2) is 11.4. The van der Waals surface area contributed by atoms with Crippen LogP contribution < -0.4 is 21.5 Å². The van der Waals surface area contributed by atoms with E-state index in [1.165, 1.54) is 26.0 Å². The lowest BCUT2D eigenvalue weighted by Gasteiger charge is -2.18. The third kappa shape index (κ3) is 7.38. The van der Waals surface area contributed by atoms with Gasteiger partial charge in [0.25, 0.3) is 5.56 Å². The fourth-order valence-electron chi connectivity index (χ4n) is 3.03. The van der Waals surface area contributed by atoms with Crippen LogP contribution in [-0.2, 0) is 14.4 Å². The molecular weight excluding hydrogens is 416 g/mol. The fourth-order valence-corrected chi connectivity index (χ4v) is 3.03. The SMILES string of the molecule is CC(=O)NCCCC[C@H](NC(C)=O)C(=O)Nc1ccc(-c2ccc(C(=O)O)c(=O)[nH]2)cc1. The van der Waals surface area contributed by atoms with Crippen LogP contribution in [0.5, 0.6) is 0 Å². The topological polar surface area (TPSA) is 157 Å². The normalized spacial score (nSPS) is 11.3. The lowest BCUT2D eigenvalue weighted by molar-refractivity contribution is -0.125. The number of pyridine rings is 1. The largest absolute Gasteiger partial charge is 0.477 e. The molecule has 32 heavy (non-hydrogen) atoms. The number of amides is 3. The molecule has 0 spiro atoms. The third-order valence-electron chi connectivity index (χ3n) is 4.59. The van der Waals surface area contributed by atoms with Gasteiger partial charge < -0.3 is 26.0 Å². The molecule has 170 valence electrons. The van der Waals surface area contributed by atoms with E-state index in [0.29, 0.717) is 42.8 Å². The molecule has 1 atom stereocenters. The molecule has 0 radical (unpaired) electrons. The highest BCUT2D eigenvalue weighted by molar-refractivity contribution is 5.97. The van der Waals surface area contributed by atoms with Crippen molar-refractivity contribution in [2.75, 3.05) is 11.9 Å². The summed E-state index contributed by atoms with van der Waals surface area (Å²) in [7, 11) is 0. The lowest BCUT2D eigenvalue weighted by Crippen LogP contribution is -2.42. The molecule has 0 bridgehead atoms. The van der Waals surface area contributed by atoms with Crippen LogP contribution >= 0.6 is 0 Å². The highest BCUT2D eigenvalue weighted by Crippen LogP contribution is 2.19. The number of unbranched alkanes of at least 4 members (excludes halogenated alkanes) is 1. The number of aromatic carboxylic acids is 1. The zero-order chi connectivity index (χ0) is 23.7. The van der Waals surface area contributed by atoms with Crippen molar-refractivity contribution in [3.63, 3.8) is 0 Å². The third-order valence-corrected chi connectivity index (χ3v) is 4.59. The summed E-state index contributed by atoms with van der Waals surface area (Å²) in [6.07, 6.45) is 1.73. The van der Waals surface area contributed by atoms with Gasteiger partial charge in [-0.05, 0) is 49.1 Å². The second-order valence-corrected chi connectivity index (χ2v) is 7.22. The second-order valence-electron chi connectivity index (χ2n) is 7.22. The molecule has 1 heterocycles. The first-order valence-electron chi connectivity index (χ1n) is 10.1. The van der Waals surface area contributed by atoms with E-state index in [1.54, 1.807) is 24.3 Å². The molecule has 0 aliphatic rings. The molecule has 0 fully saturated rings. The Hall–Kier alpha value is -3.95. The minimum Gasteiger partial charge on any atom is -0.477 e. The average Bonchev–Trinajstić information content (AvgIpc) is 2.72. The number of carboxylic acids is 1. The first-order valence-corrected chi connectivity index (χ1v) is 10.1. The number of carbonyl (C=O) groups excluding carboxylic acids is 3. The number of aromatic amines is 1. The number of aromatic nitrogens is 1. The van der Waals surface area contributed by atoms with Crippen molar-refractivity contribution in [1.82, 2.24) is 15.6 Å². The Morgan fingerprint density at radius 1 is 0.969 bits per heavy atom. The van der Waals surface area contributed by atoms with E-state index in [9.17, 15) is 24.0 Å². The van der Waals surface area contributed by atoms with E-state index in [2.05, 4.69) is 20.9 Å². The first kappa shape index (κ1) is 24.3. The molecule has 10 nitrogen and oxygen atoms in total. The van der Waals surface area contributed by atoms with Crippen molar-refractivity contribution in [3.8, 4) is 11.3 Å². The van der Waals surface area contributed by atoms with Crippen LogP contribution in [-0.4, -0.2) is 46.4 Å². The van der Waals surface area contributed by atoms with E-state index < -0.39 is 17.6 Å². The van der Waals surface area contributed by atoms with Gasteiger partial charge in [-0.1, -0.05) is 12.1 Å². The van der Waals surface area contributed by atoms with Gasteiger partial charge in [0.05, 0.1) is 0 Å². The molecular formula is C22H26N4O6. The van der Waals surface area contributed by atoms with Crippen molar-refractivity contribution in [1.29, 1.82) is 0 Å². The van der Waals surface area contributed by atoms with Crippen molar-refractivity contribution in [2.45, 2.75) is 39.2 Å². The average molecular weight is 442 g/mol. The van der Waals surface area contributed by atoms with E-state index in [1.807, 2.05) is 0 Å². The first-order chi connectivity index (χ1) is 15.2. The predicted molar refractivity (Wildman–Crippen MR) is 118 cm³/mol. The van der Waals surface area contributed by atoms with Gasteiger partial charge in [-0.25, -0.2) is 4.79 Å². The monoisotopic (exact) mass is 442 g/mol. The molecule has 10 heteroatoms. The quantitative estimate of drug-likeness (QED) is 0.351. The van der Waals surface area contributed by atoms with Crippen LogP contribution in [0.15, 0.2) is 41.2 Å². The van der Waals surface area contributed by atoms with Gasteiger partial charge in [-0.3, -0.25) is 19.2 Å². The van der Waals surface area contributed by atoms with Crippen molar-refractivity contribution < 1.29 is 24.3 Å². The van der Waals surface area contributed by atoms with Gasteiger partial charge in [-0.2, -0.15) is 0 Å². The Balaban J connectivity index is 2.01. The molecule has 1 aromatic carbocycles. The number of carbonyl (C=O) groups is 4. The summed E-state index contributed by atoms with van der Waals surface area (Å²) in [6, 6.07) is 8.62. The fraction of sp³-hybridized carbons (Fsp3) is 0.318. The van der Waals surface area contributed by atoms with Crippen LogP contribution in [0.4, 0.5) is 5.69 Å². The zero-order valence-corrected chi connectivity index (χ0v) is 17.9. The Kier molecular flexibility index (Phi) is 8.70. The Labute approximate surface area is 184 Å². The number of benzene rings is 1. The summed E-state index contributed by atoms with van der Waals surface area (Å²) in [5, 5.41) is 17.0. The maximum absolute atomic E-state index is 12.6. The van der Waals surface area contributed by atoms with E-state index in [-0.39, 0.29) is 23.3 Å². The summed E-state index contributed by atoms with van der Waals surface area (Å²) in [6.45, 7) is 3.27. The highest BCUT2D eigenvalue weighted by atomic mass is 16.4. The molecule has 1 aromatic heterocycles. The number of nitrogens with one attached hydrogen (secondary N) is 4. The Morgan fingerprint density at radius 3 is 2.22 bits per heavy atom.